The van der Waals surface area contributed by atoms with Crippen molar-refractivity contribution >= 4 is 6.09 Å². The second kappa shape index (κ2) is 4.15. The molecule has 0 aromatic carbocycles. The summed E-state index contributed by atoms with van der Waals surface area (Å²) in [4.78, 5) is 10.4. The Kier molecular flexibility index (Phi) is 3.84. The number of alkyl carbamates (subject to hydrolysis) is 1. The highest BCUT2D eigenvalue weighted by Crippen LogP contribution is 1.97. The van der Waals surface area contributed by atoms with Crippen molar-refractivity contribution in [3.05, 3.63) is 0 Å². The lowest BCUT2D eigenvalue weighted by Crippen LogP contribution is -2.43. The van der Waals surface area contributed by atoms with Crippen LogP contribution in [-0.2, 0) is 4.74 Å². The first-order chi connectivity index (χ1) is 5.02. The van der Waals surface area contributed by atoms with Gasteiger partial charge in [-0.3, -0.25) is 0 Å². The quantitative estimate of drug-likeness (QED) is 0.503. The molecule has 0 bridgehead atoms. The smallest absolute Gasteiger partial charge is 0.406 e. The molecule has 0 fully saturated rings. The van der Waals surface area contributed by atoms with Gasteiger partial charge in [-0.05, 0) is 6.92 Å². The molecule has 0 saturated heterocycles. The minimum absolute atomic E-state index is 0.0316. The Bertz CT molecular complexity index is 135. The molecular formula is C6H13NO4. The number of hydrogen-bond acceptors (Lipinski definition) is 4. The van der Waals surface area contributed by atoms with Crippen molar-refractivity contribution in [1.29, 1.82) is 0 Å². The molecule has 0 heterocycles. The molecular weight excluding hydrogens is 150 g/mol. The summed E-state index contributed by atoms with van der Waals surface area (Å²) in [6.45, 7) is 0.968. The molecule has 0 rings (SSSR count). The highest BCUT2D eigenvalue weighted by atomic mass is 16.5. The molecule has 0 saturated carbocycles. The second-order valence-corrected chi connectivity index (χ2v) is 2.50. The molecule has 5 heteroatoms. The molecule has 3 N–H and O–H groups in total. The Morgan fingerprint density at radius 2 is 2.27 bits per heavy atom. The van der Waals surface area contributed by atoms with Crippen molar-refractivity contribution in [2.24, 2.45) is 0 Å². The van der Waals surface area contributed by atoms with Crippen molar-refractivity contribution in [1.82, 2.24) is 5.32 Å². The maximum absolute atomic E-state index is 10.4. The van der Waals surface area contributed by atoms with Gasteiger partial charge in [0.2, 0.25) is 0 Å². The average molecular weight is 163 g/mol. The van der Waals surface area contributed by atoms with Gasteiger partial charge < -0.3 is 20.3 Å². The number of amides is 1. The summed E-state index contributed by atoms with van der Waals surface area (Å²) in [6, 6.07) is 0. The van der Waals surface area contributed by atoms with Gasteiger partial charge in [0.05, 0.1) is 20.3 Å². The fourth-order valence-corrected chi connectivity index (χ4v) is 0.391. The molecule has 1 atom stereocenters. The largest absolute Gasteiger partial charge is 0.453 e. The first kappa shape index (κ1) is 10.2. The zero-order valence-corrected chi connectivity index (χ0v) is 6.63. The lowest BCUT2D eigenvalue weighted by atomic mass is 10.1. The predicted octanol–water partition coefficient (Wildman–Crippen LogP) is -0.914. The Morgan fingerprint density at radius 3 is 2.64 bits per heavy atom. The predicted molar refractivity (Wildman–Crippen MR) is 38.1 cm³/mol. The second-order valence-electron chi connectivity index (χ2n) is 2.50. The number of aliphatic hydroxyl groups excluding tert-OH is 1. The summed E-state index contributed by atoms with van der Waals surface area (Å²) in [5.74, 6) is 0. The number of rotatable bonds is 3. The highest BCUT2D eigenvalue weighted by Gasteiger charge is 2.19. The third-order valence-corrected chi connectivity index (χ3v) is 1.14. The first-order valence-corrected chi connectivity index (χ1v) is 3.17. The molecule has 0 spiro atoms. The maximum Gasteiger partial charge on any atom is 0.406 e. The minimum atomic E-state index is -1.28. The van der Waals surface area contributed by atoms with Crippen LogP contribution in [0.2, 0.25) is 0 Å². The zero-order chi connectivity index (χ0) is 8.91. The van der Waals surface area contributed by atoms with E-state index in [2.05, 4.69) is 10.1 Å². The molecule has 66 valence electrons. The van der Waals surface area contributed by atoms with Crippen LogP contribution in [0.3, 0.4) is 0 Å². The van der Waals surface area contributed by atoms with E-state index in [4.69, 9.17) is 10.2 Å². The Balaban J connectivity index is 3.61. The molecule has 1 unspecified atom stereocenters. The maximum atomic E-state index is 10.4. The van der Waals surface area contributed by atoms with Gasteiger partial charge in [0, 0.05) is 0 Å². The number of carbonyl (C=O) groups is 1. The van der Waals surface area contributed by atoms with Crippen LogP contribution in [0.25, 0.3) is 0 Å². The molecule has 5 nitrogen and oxygen atoms in total. The van der Waals surface area contributed by atoms with E-state index in [1.165, 1.54) is 14.0 Å². The molecule has 11 heavy (non-hydrogen) atoms. The van der Waals surface area contributed by atoms with E-state index >= 15 is 0 Å². The van der Waals surface area contributed by atoms with Crippen molar-refractivity contribution in [3.8, 4) is 0 Å². The molecule has 0 aliphatic heterocycles. The van der Waals surface area contributed by atoms with E-state index < -0.39 is 18.3 Å². The van der Waals surface area contributed by atoms with E-state index in [9.17, 15) is 4.79 Å². The standard InChI is InChI=1S/C6H13NO4/c1-6(10,4-8)3-7-5(9)11-2/h8,10H,3-4H2,1-2H3,(H,7,9). The zero-order valence-electron chi connectivity index (χ0n) is 6.63. The van der Waals surface area contributed by atoms with Gasteiger partial charge in [0.15, 0.2) is 0 Å². The van der Waals surface area contributed by atoms with Gasteiger partial charge in [-0.2, -0.15) is 0 Å². The van der Waals surface area contributed by atoms with E-state index in [1.54, 1.807) is 0 Å². The molecule has 0 aromatic heterocycles. The van der Waals surface area contributed by atoms with Gasteiger partial charge in [-0.1, -0.05) is 0 Å². The van der Waals surface area contributed by atoms with E-state index in [0.29, 0.717) is 0 Å². The van der Waals surface area contributed by atoms with Crippen LogP contribution >= 0.6 is 0 Å². The van der Waals surface area contributed by atoms with Crippen LogP contribution in [0.4, 0.5) is 4.79 Å². The third-order valence-electron chi connectivity index (χ3n) is 1.14. The molecule has 0 aliphatic carbocycles. The number of nitrogens with one attached hydrogen (secondary N) is 1. The number of ether oxygens (including phenoxy) is 1. The van der Waals surface area contributed by atoms with Crippen LogP contribution in [0.15, 0.2) is 0 Å². The summed E-state index contributed by atoms with van der Waals surface area (Å²) < 4.78 is 4.25. The SMILES string of the molecule is COC(=O)NCC(C)(O)CO. The number of methoxy groups -OCH3 is 1. The fourth-order valence-electron chi connectivity index (χ4n) is 0.391. The molecule has 1 amide bonds. The van der Waals surface area contributed by atoms with E-state index in [-0.39, 0.29) is 6.54 Å². The van der Waals surface area contributed by atoms with Crippen molar-refractivity contribution < 1.29 is 19.7 Å². The molecule has 0 aliphatic rings. The van der Waals surface area contributed by atoms with Crippen molar-refractivity contribution in [2.75, 3.05) is 20.3 Å². The Labute approximate surface area is 65.0 Å². The summed E-state index contributed by atoms with van der Waals surface area (Å²) >= 11 is 0. The summed E-state index contributed by atoms with van der Waals surface area (Å²) in [5, 5.41) is 19.9. The lowest BCUT2D eigenvalue weighted by molar-refractivity contribution is 0.00301. The van der Waals surface area contributed by atoms with Crippen LogP contribution in [0.1, 0.15) is 6.92 Å². The third kappa shape index (κ3) is 4.58. The monoisotopic (exact) mass is 163 g/mol. The van der Waals surface area contributed by atoms with Gasteiger partial charge in [0.25, 0.3) is 0 Å². The van der Waals surface area contributed by atoms with E-state index in [1.807, 2.05) is 0 Å². The highest BCUT2D eigenvalue weighted by molar-refractivity contribution is 5.66. The van der Waals surface area contributed by atoms with Gasteiger partial charge >= 0.3 is 6.09 Å². The Hall–Kier alpha value is -0.810. The van der Waals surface area contributed by atoms with Crippen molar-refractivity contribution in [2.45, 2.75) is 12.5 Å². The number of carbonyl (C=O) groups excluding carboxylic acids is 1. The van der Waals surface area contributed by atoms with Gasteiger partial charge in [0.1, 0.15) is 5.60 Å². The summed E-state index contributed by atoms with van der Waals surface area (Å²) in [6.07, 6.45) is -0.626. The normalized spacial score (nSPS) is 15.3. The van der Waals surface area contributed by atoms with Crippen molar-refractivity contribution in [3.63, 3.8) is 0 Å². The van der Waals surface area contributed by atoms with E-state index in [0.717, 1.165) is 0 Å². The van der Waals surface area contributed by atoms with Crippen LogP contribution in [-0.4, -0.2) is 42.2 Å². The topological polar surface area (TPSA) is 78.8 Å². The number of hydrogen-bond donors (Lipinski definition) is 3. The number of aliphatic hydroxyl groups is 2. The van der Waals surface area contributed by atoms with Crippen LogP contribution in [0.5, 0.6) is 0 Å². The lowest BCUT2D eigenvalue weighted by Gasteiger charge is -2.19. The van der Waals surface area contributed by atoms with Gasteiger partial charge in [-0.15, -0.1) is 0 Å². The molecule has 0 aromatic rings. The van der Waals surface area contributed by atoms with Crippen LogP contribution in [0, 0.1) is 0 Å². The fraction of sp³-hybridized carbons (Fsp3) is 0.833. The van der Waals surface area contributed by atoms with Crippen LogP contribution < -0.4 is 5.32 Å². The summed E-state index contributed by atoms with van der Waals surface area (Å²) in [5.41, 5.74) is -1.28. The van der Waals surface area contributed by atoms with Gasteiger partial charge in [-0.25, -0.2) is 4.79 Å². The molecule has 0 radical (unpaired) electrons. The summed E-state index contributed by atoms with van der Waals surface area (Å²) in [7, 11) is 1.23. The Morgan fingerprint density at radius 1 is 1.73 bits per heavy atom. The average Bonchev–Trinajstić information content (AvgIpc) is 2.00. The first-order valence-electron chi connectivity index (χ1n) is 3.17. The minimum Gasteiger partial charge on any atom is -0.453 e.